The maximum absolute atomic E-state index is 14.5. The molecule has 1 amide bonds. The van der Waals surface area contributed by atoms with Gasteiger partial charge in [0.15, 0.2) is 28.9 Å². The number of aryl methyl sites for hydroxylation is 1. The van der Waals surface area contributed by atoms with Crippen molar-refractivity contribution in [2.24, 2.45) is 7.05 Å². The average molecular weight is 555 g/mol. The predicted molar refractivity (Wildman–Crippen MR) is 133 cm³/mol. The number of ether oxygens (including phenoxy) is 2. The number of halogens is 4. The van der Waals surface area contributed by atoms with Gasteiger partial charge in [-0.2, -0.15) is 5.10 Å². The quantitative estimate of drug-likeness (QED) is 0.309. The molecule has 2 heterocycles. The first-order chi connectivity index (χ1) is 19.1. The molecule has 0 aliphatic carbocycles. The normalized spacial score (nSPS) is 11.8. The number of carbonyl (C=O) groups is 2. The van der Waals surface area contributed by atoms with Crippen LogP contribution in [-0.4, -0.2) is 44.8 Å². The summed E-state index contributed by atoms with van der Waals surface area (Å²) in [7, 11) is 1.54. The lowest BCUT2D eigenvalue weighted by Gasteiger charge is -2.24. The van der Waals surface area contributed by atoms with Gasteiger partial charge >= 0.3 is 5.97 Å². The first kappa shape index (κ1) is 26.7. The first-order valence-electron chi connectivity index (χ1n) is 12.0. The number of aromatic carboxylic acids is 1. The van der Waals surface area contributed by atoms with Crippen molar-refractivity contribution < 1.29 is 41.7 Å². The Morgan fingerprint density at radius 1 is 1.02 bits per heavy atom. The van der Waals surface area contributed by atoms with Crippen LogP contribution in [0.2, 0.25) is 0 Å². The molecule has 5 rings (SSSR count). The van der Waals surface area contributed by atoms with E-state index in [9.17, 15) is 27.2 Å². The molecule has 8 nitrogen and oxygen atoms in total. The molecule has 1 aliphatic rings. The highest BCUT2D eigenvalue weighted by Gasteiger charge is 2.32. The van der Waals surface area contributed by atoms with E-state index in [0.717, 1.165) is 24.3 Å². The summed E-state index contributed by atoms with van der Waals surface area (Å²) in [5.74, 6) is -5.67. The van der Waals surface area contributed by atoms with Gasteiger partial charge in [0.25, 0.3) is 5.91 Å². The van der Waals surface area contributed by atoms with Crippen LogP contribution in [0.15, 0.2) is 54.6 Å². The number of hydrogen-bond donors (Lipinski definition) is 1. The fourth-order valence-electron chi connectivity index (χ4n) is 4.45. The second-order valence-corrected chi connectivity index (χ2v) is 8.97. The van der Waals surface area contributed by atoms with Crippen molar-refractivity contribution in [3.8, 4) is 22.8 Å². The van der Waals surface area contributed by atoms with Crippen LogP contribution >= 0.6 is 0 Å². The molecule has 0 atom stereocenters. The maximum atomic E-state index is 14.5. The molecule has 1 N–H and O–H groups in total. The maximum Gasteiger partial charge on any atom is 0.335 e. The fourth-order valence-corrected chi connectivity index (χ4v) is 4.45. The summed E-state index contributed by atoms with van der Waals surface area (Å²) in [6, 6.07) is 10.9. The van der Waals surface area contributed by atoms with E-state index in [1.165, 1.54) is 33.8 Å². The highest BCUT2D eigenvalue weighted by Crippen LogP contribution is 2.40. The fraction of sp³-hybridized carbons (Fsp3) is 0.179. The highest BCUT2D eigenvalue weighted by atomic mass is 19.2. The molecule has 4 aromatic rings. The Bertz CT molecular complexity index is 1640. The standard InChI is InChI=1S/C28H21F4N3O5/c1-34-26-17-11-20(30)21(31)12-24(17)40-14-18(26)25(33-34)27(36)35(13-16-4-2-3-5-19(16)29)8-9-39-23-7-6-15(28(37)38)10-22(23)32/h2-7,10-12H,8-9,13-14H2,1H3,(H,37,38). The monoisotopic (exact) mass is 555 g/mol. The number of aromatic nitrogens is 2. The minimum Gasteiger partial charge on any atom is -0.489 e. The Labute approximate surface area is 225 Å². The number of rotatable bonds is 8. The van der Waals surface area contributed by atoms with Crippen molar-refractivity contribution in [3.63, 3.8) is 0 Å². The Balaban J connectivity index is 1.44. The SMILES string of the molecule is Cn1nc(C(=O)N(CCOc2ccc(C(=O)O)cc2F)Cc2ccccc2F)c2c1-c1cc(F)c(F)cc1OC2. The number of nitrogens with zero attached hydrogens (tertiary/aromatic N) is 3. The van der Waals surface area contributed by atoms with Gasteiger partial charge in [-0.05, 0) is 30.3 Å². The molecule has 40 heavy (non-hydrogen) atoms. The molecule has 0 spiro atoms. The second kappa shape index (κ2) is 10.7. The summed E-state index contributed by atoms with van der Waals surface area (Å²) < 4.78 is 69.0. The van der Waals surface area contributed by atoms with E-state index < -0.39 is 35.1 Å². The van der Waals surface area contributed by atoms with Gasteiger partial charge in [0.2, 0.25) is 0 Å². The zero-order chi connectivity index (χ0) is 28.6. The third-order valence-corrected chi connectivity index (χ3v) is 6.40. The van der Waals surface area contributed by atoms with Crippen molar-refractivity contribution in [1.29, 1.82) is 0 Å². The minimum absolute atomic E-state index is 0.0405. The number of carboxylic acids is 1. The van der Waals surface area contributed by atoms with Gasteiger partial charge in [-0.25, -0.2) is 22.4 Å². The predicted octanol–water partition coefficient (Wildman–Crippen LogP) is 4.96. The Kier molecular flexibility index (Phi) is 7.16. The molecular formula is C28H21F4N3O5. The number of carbonyl (C=O) groups excluding carboxylic acids is 1. The third kappa shape index (κ3) is 5.07. The van der Waals surface area contributed by atoms with Crippen LogP contribution in [0.5, 0.6) is 11.5 Å². The van der Waals surface area contributed by atoms with Gasteiger partial charge in [-0.3, -0.25) is 9.48 Å². The van der Waals surface area contributed by atoms with Crippen LogP contribution in [0.25, 0.3) is 11.3 Å². The van der Waals surface area contributed by atoms with Crippen LogP contribution in [0.4, 0.5) is 17.6 Å². The van der Waals surface area contributed by atoms with Crippen molar-refractivity contribution in [2.45, 2.75) is 13.2 Å². The average Bonchev–Trinajstić information content (AvgIpc) is 3.27. The third-order valence-electron chi connectivity index (χ3n) is 6.40. The lowest BCUT2D eigenvalue weighted by atomic mass is 10.0. The molecule has 1 aliphatic heterocycles. The number of amides is 1. The zero-order valence-electron chi connectivity index (χ0n) is 21.0. The molecule has 0 fully saturated rings. The van der Waals surface area contributed by atoms with Gasteiger partial charge < -0.3 is 19.5 Å². The molecule has 0 saturated carbocycles. The number of benzene rings is 3. The summed E-state index contributed by atoms with van der Waals surface area (Å²) in [5.41, 5.74) is 0.830. The van der Waals surface area contributed by atoms with Crippen molar-refractivity contribution >= 4 is 11.9 Å². The Morgan fingerprint density at radius 2 is 1.77 bits per heavy atom. The van der Waals surface area contributed by atoms with Gasteiger partial charge in [0, 0.05) is 36.3 Å². The van der Waals surface area contributed by atoms with E-state index in [-0.39, 0.29) is 60.2 Å². The first-order valence-corrected chi connectivity index (χ1v) is 12.0. The molecule has 0 unspecified atom stereocenters. The number of carboxylic acid groups (broad SMARTS) is 1. The molecule has 0 saturated heterocycles. The highest BCUT2D eigenvalue weighted by molar-refractivity contribution is 5.96. The van der Waals surface area contributed by atoms with Crippen molar-refractivity contribution in [2.75, 3.05) is 13.2 Å². The summed E-state index contributed by atoms with van der Waals surface area (Å²) in [6.45, 7) is -0.677. The molecule has 12 heteroatoms. The van der Waals surface area contributed by atoms with E-state index in [2.05, 4.69) is 5.10 Å². The molecule has 206 valence electrons. The van der Waals surface area contributed by atoms with Crippen LogP contribution < -0.4 is 9.47 Å². The molecule has 3 aromatic carbocycles. The van der Waals surface area contributed by atoms with Crippen LogP contribution in [0.1, 0.15) is 32.0 Å². The lowest BCUT2D eigenvalue weighted by Crippen LogP contribution is -2.35. The summed E-state index contributed by atoms with van der Waals surface area (Å²) in [5, 5.41) is 13.3. The zero-order valence-corrected chi connectivity index (χ0v) is 21.0. The topological polar surface area (TPSA) is 93.9 Å². The van der Waals surface area contributed by atoms with Crippen LogP contribution in [0.3, 0.4) is 0 Å². The molecular weight excluding hydrogens is 534 g/mol. The van der Waals surface area contributed by atoms with Gasteiger partial charge in [-0.15, -0.1) is 0 Å². The van der Waals surface area contributed by atoms with Gasteiger partial charge in [0.1, 0.15) is 24.8 Å². The summed E-state index contributed by atoms with van der Waals surface area (Å²) in [6.07, 6.45) is 0. The molecule has 0 radical (unpaired) electrons. The van der Waals surface area contributed by atoms with Crippen LogP contribution in [0, 0.1) is 23.3 Å². The van der Waals surface area contributed by atoms with Gasteiger partial charge in [0.05, 0.1) is 17.8 Å². The van der Waals surface area contributed by atoms with Crippen molar-refractivity contribution in [3.05, 3.63) is 100 Å². The Morgan fingerprint density at radius 3 is 2.50 bits per heavy atom. The summed E-state index contributed by atoms with van der Waals surface area (Å²) >= 11 is 0. The van der Waals surface area contributed by atoms with E-state index >= 15 is 0 Å². The van der Waals surface area contributed by atoms with E-state index in [4.69, 9.17) is 14.6 Å². The van der Waals surface area contributed by atoms with Crippen LogP contribution in [-0.2, 0) is 20.2 Å². The van der Waals surface area contributed by atoms with Gasteiger partial charge in [-0.1, -0.05) is 18.2 Å². The molecule has 0 bridgehead atoms. The smallest absolute Gasteiger partial charge is 0.335 e. The summed E-state index contributed by atoms with van der Waals surface area (Å²) in [4.78, 5) is 26.1. The second-order valence-electron chi connectivity index (χ2n) is 8.97. The van der Waals surface area contributed by atoms with E-state index in [0.29, 0.717) is 11.3 Å². The number of fused-ring (bicyclic) bond motifs is 3. The largest absolute Gasteiger partial charge is 0.489 e. The molecule has 1 aromatic heterocycles. The Hall–Kier alpha value is -4.87. The van der Waals surface area contributed by atoms with Crippen molar-refractivity contribution in [1.82, 2.24) is 14.7 Å². The van der Waals surface area contributed by atoms with E-state index in [1.54, 1.807) is 13.1 Å². The van der Waals surface area contributed by atoms with E-state index in [1.807, 2.05) is 0 Å². The minimum atomic E-state index is -1.30. The lowest BCUT2D eigenvalue weighted by molar-refractivity contribution is 0.0688. The number of hydrogen-bond acceptors (Lipinski definition) is 5.